The van der Waals surface area contributed by atoms with Crippen LogP contribution in [0.4, 0.5) is 4.39 Å². The summed E-state index contributed by atoms with van der Waals surface area (Å²) in [5, 5.41) is 2.02. The molecule has 0 radical (unpaired) electrons. The van der Waals surface area contributed by atoms with Gasteiger partial charge >= 0.3 is 0 Å². The number of fused-ring (bicyclic) bond motifs is 1. The lowest BCUT2D eigenvalue weighted by atomic mass is 10.2. The Bertz CT molecular complexity index is 1120. The molecule has 0 bridgehead atoms. The Morgan fingerprint density at radius 3 is 2.54 bits per heavy atom. The van der Waals surface area contributed by atoms with E-state index in [2.05, 4.69) is 15.9 Å². The van der Waals surface area contributed by atoms with Gasteiger partial charge in [0.1, 0.15) is 11.5 Å². The van der Waals surface area contributed by atoms with Crippen LogP contribution in [0.15, 0.2) is 70.5 Å². The van der Waals surface area contributed by atoms with Crippen LogP contribution in [0.1, 0.15) is 21.6 Å². The molecule has 0 aliphatic heterocycles. The maximum absolute atomic E-state index is 13.3. The molecule has 142 valence electrons. The molecular weight excluding hydrogens is 439 g/mol. The van der Waals surface area contributed by atoms with Crippen molar-refractivity contribution in [2.24, 2.45) is 0 Å². The molecule has 0 N–H and O–H groups in total. The molecule has 4 aromatic rings. The van der Waals surface area contributed by atoms with Crippen molar-refractivity contribution in [1.82, 2.24) is 9.47 Å². The smallest absolute Gasteiger partial charge is 0.270 e. The van der Waals surface area contributed by atoms with Gasteiger partial charge in [0.05, 0.1) is 14.7 Å². The molecule has 28 heavy (non-hydrogen) atoms. The number of carbonyl (C=O) groups excluding carboxylic acids is 1. The van der Waals surface area contributed by atoms with E-state index in [0.29, 0.717) is 18.8 Å². The van der Waals surface area contributed by atoms with Crippen LogP contribution in [0, 0.1) is 5.82 Å². The number of nitrogens with zero attached hydrogens (tertiary/aromatic N) is 2. The van der Waals surface area contributed by atoms with E-state index in [0.717, 1.165) is 25.8 Å². The molecule has 0 aliphatic rings. The summed E-state index contributed by atoms with van der Waals surface area (Å²) in [4.78, 5) is 15.0. The topological polar surface area (TPSA) is 25.2 Å². The van der Waals surface area contributed by atoms with Gasteiger partial charge in [-0.3, -0.25) is 4.79 Å². The summed E-state index contributed by atoms with van der Waals surface area (Å²) in [6.07, 6.45) is 0. The van der Waals surface area contributed by atoms with Crippen LogP contribution in [0.2, 0.25) is 0 Å². The van der Waals surface area contributed by atoms with Crippen molar-refractivity contribution in [2.75, 3.05) is 7.05 Å². The van der Waals surface area contributed by atoms with Crippen LogP contribution in [-0.2, 0) is 13.1 Å². The highest BCUT2D eigenvalue weighted by Crippen LogP contribution is 2.34. The minimum Gasteiger partial charge on any atom is -0.336 e. The Morgan fingerprint density at radius 1 is 1.11 bits per heavy atom. The predicted molar refractivity (Wildman–Crippen MR) is 115 cm³/mol. The first kappa shape index (κ1) is 18.9. The predicted octanol–water partition coefficient (Wildman–Crippen LogP) is 5.92. The quantitative estimate of drug-likeness (QED) is 0.365. The van der Waals surface area contributed by atoms with Crippen LogP contribution in [0.25, 0.3) is 10.2 Å². The third kappa shape index (κ3) is 3.75. The van der Waals surface area contributed by atoms with E-state index in [1.807, 2.05) is 53.4 Å². The summed E-state index contributed by atoms with van der Waals surface area (Å²) in [6, 6.07) is 18.3. The first-order valence-electron chi connectivity index (χ1n) is 8.83. The van der Waals surface area contributed by atoms with Gasteiger partial charge in [-0.15, -0.1) is 11.3 Å². The zero-order chi connectivity index (χ0) is 19.7. The number of hydrogen-bond acceptors (Lipinski definition) is 2. The van der Waals surface area contributed by atoms with Gasteiger partial charge in [0.25, 0.3) is 5.91 Å². The summed E-state index contributed by atoms with van der Waals surface area (Å²) in [7, 11) is 1.81. The molecule has 1 amide bonds. The van der Waals surface area contributed by atoms with Crippen LogP contribution in [0.3, 0.4) is 0 Å². The summed E-state index contributed by atoms with van der Waals surface area (Å²) in [6.45, 7) is 1.04. The molecule has 0 unspecified atom stereocenters. The van der Waals surface area contributed by atoms with Crippen molar-refractivity contribution in [3.05, 3.63) is 93.2 Å². The van der Waals surface area contributed by atoms with E-state index >= 15 is 0 Å². The van der Waals surface area contributed by atoms with Crippen LogP contribution in [0.5, 0.6) is 0 Å². The molecule has 4 rings (SSSR count). The second-order valence-electron chi connectivity index (χ2n) is 6.69. The summed E-state index contributed by atoms with van der Waals surface area (Å²) in [5.74, 6) is -0.307. The molecule has 0 spiro atoms. The van der Waals surface area contributed by atoms with E-state index in [-0.39, 0.29) is 11.7 Å². The first-order valence-corrected chi connectivity index (χ1v) is 10.5. The van der Waals surface area contributed by atoms with Crippen molar-refractivity contribution in [2.45, 2.75) is 13.1 Å². The summed E-state index contributed by atoms with van der Waals surface area (Å²) in [5.41, 5.74) is 3.64. The minimum atomic E-state index is -0.267. The Morgan fingerprint density at radius 2 is 1.82 bits per heavy atom. The SMILES string of the molecule is CN(Cc1ccccc1)C(=O)c1cc2scc(Br)c2n1Cc1ccc(F)cc1. The van der Waals surface area contributed by atoms with Gasteiger partial charge in [0, 0.05) is 25.5 Å². The van der Waals surface area contributed by atoms with Gasteiger partial charge in [-0.1, -0.05) is 42.5 Å². The van der Waals surface area contributed by atoms with Crippen molar-refractivity contribution < 1.29 is 9.18 Å². The van der Waals surface area contributed by atoms with Gasteiger partial charge in [-0.05, 0) is 45.3 Å². The van der Waals surface area contributed by atoms with E-state index in [4.69, 9.17) is 0 Å². The molecule has 0 atom stereocenters. The minimum absolute atomic E-state index is 0.0405. The van der Waals surface area contributed by atoms with Crippen LogP contribution < -0.4 is 0 Å². The van der Waals surface area contributed by atoms with Crippen LogP contribution >= 0.6 is 27.3 Å². The number of benzene rings is 2. The van der Waals surface area contributed by atoms with Gasteiger partial charge in [0.15, 0.2) is 0 Å². The summed E-state index contributed by atoms with van der Waals surface area (Å²) >= 11 is 5.20. The maximum atomic E-state index is 13.3. The van der Waals surface area contributed by atoms with Crippen molar-refractivity contribution in [3.8, 4) is 0 Å². The Hall–Kier alpha value is -2.44. The molecule has 0 saturated carbocycles. The first-order chi connectivity index (χ1) is 13.5. The molecule has 2 aromatic heterocycles. The number of hydrogen-bond donors (Lipinski definition) is 0. The number of carbonyl (C=O) groups is 1. The largest absolute Gasteiger partial charge is 0.336 e. The monoisotopic (exact) mass is 456 g/mol. The lowest BCUT2D eigenvalue weighted by Gasteiger charge is -2.19. The molecule has 3 nitrogen and oxygen atoms in total. The molecule has 0 saturated heterocycles. The Labute approximate surface area is 175 Å². The van der Waals surface area contributed by atoms with Crippen molar-refractivity contribution in [3.63, 3.8) is 0 Å². The molecule has 2 aromatic carbocycles. The molecule has 6 heteroatoms. The fourth-order valence-corrected chi connectivity index (χ4v) is 4.96. The lowest BCUT2D eigenvalue weighted by molar-refractivity contribution is 0.0775. The van der Waals surface area contributed by atoms with E-state index in [1.165, 1.54) is 12.1 Å². The van der Waals surface area contributed by atoms with Crippen molar-refractivity contribution >= 4 is 43.4 Å². The lowest BCUT2D eigenvalue weighted by Crippen LogP contribution is -2.28. The van der Waals surface area contributed by atoms with Gasteiger partial charge in [0.2, 0.25) is 0 Å². The van der Waals surface area contributed by atoms with E-state index in [1.54, 1.807) is 28.4 Å². The normalized spacial score (nSPS) is 11.1. The fraction of sp³-hybridized carbons (Fsp3) is 0.136. The Balaban J connectivity index is 1.69. The summed E-state index contributed by atoms with van der Waals surface area (Å²) < 4.78 is 17.3. The number of rotatable bonds is 5. The van der Waals surface area contributed by atoms with Crippen molar-refractivity contribution in [1.29, 1.82) is 0 Å². The highest BCUT2D eigenvalue weighted by Gasteiger charge is 2.21. The van der Waals surface area contributed by atoms with Crippen LogP contribution in [-0.4, -0.2) is 22.4 Å². The fourth-order valence-electron chi connectivity index (χ4n) is 3.27. The average Bonchev–Trinajstić information content (AvgIpc) is 3.24. The highest BCUT2D eigenvalue weighted by atomic mass is 79.9. The zero-order valence-electron chi connectivity index (χ0n) is 15.2. The second-order valence-corrected chi connectivity index (χ2v) is 8.45. The average molecular weight is 457 g/mol. The van der Waals surface area contributed by atoms with Gasteiger partial charge in [-0.2, -0.15) is 0 Å². The number of amides is 1. The third-order valence-electron chi connectivity index (χ3n) is 4.66. The maximum Gasteiger partial charge on any atom is 0.270 e. The number of aromatic nitrogens is 1. The van der Waals surface area contributed by atoms with E-state index < -0.39 is 0 Å². The van der Waals surface area contributed by atoms with Gasteiger partial charge in [-0.25, -0.2) is 4.39 Å². The zero-order valence-corrected chi connectivity index (χ0v) is 17.6. The second kappa shape index (κ2) is 7.89. The standard InChI is InChI=1S/C22H18BrFN2OS/c1-25(12-15-5-3-2-4-6-15)22(27)19-11-20-21(18(23)14-28-20)26(19)13-16-7-9-17(24)10-8-16/h2-11,14H,12-13H2,1H3. The molecular formula is C22H18BrFN2OS. The number of thiophene rings is 1. The highest BCUT2D eigenvalue weighted by molar-refractivity contribution is 9.10. The Kier molecular flexibility index (Phi) is 5.33. The molecule has 0 aliphatic carbocycles. The van der Waals surface area contributed by atoms with Gasteiger partial charge < -0.3 is 9.47 Å². The molecule has 0 fully saturated rings. The van der Waals surface area contributed by atoms with E-state index in [9.17, 15) is 9.18 Å². The third-order valence-corrected chi connectivity index (χ3v) is 6.49. The molecule has 2 heterocycles. The number of halogens is 2.